The van der Waals surface area contributed by atoms with E-state index in [0.29, 0.717) is 23.0 Å². The van der Waals surface area contributed by atoms with Crippen molar-refractivity contribution in [2.24, 2.45) is 5.73 Å². The number of carbonyl (C=O) groups excluding carboxylic acids is 2. The molecule has 2 aromatic carbocycles. The molecule has 2 atom stereocenters. The van der Waals surface area contributed by atoms with E-state index >= 15 is 0 Å². The van der Waals surface area contributed by atoms with E-state index in [1.807, 2.05) is 36.1 Å². The number of nitrogens with one attached hydrogen (secondary N) is 1. The highest BCUT2D eigenvalue weighted by molar-refractivity contribution is 6.35. The summed E-state index contributed by atoms with van der Waals surface area (Å²) in [6.45, 7) is 2.44. The molecule has 0 radical (unpaired) electrons. The summed E-state index contributed by atoms with van der Waals surface area (Å²) in [6.07, 6.45) is 0.511. The Bertz CT molecular complexity index is 872. The average molecular weight is 406 g/mol. The zero-order chi connectivity index (χ0) is 19.6. The third-order valence-electron chi connectivity index (χ3n) is 4.83. The molecule has 0 bridgehead atoms. The van der Waals surface area contributed by atoms with Crippen LogP contribution in [0.5, 0.6) is 0 Å². The van der Waals surface area contributed by atoms with Crippen LogP contribution in [0.2, 0.25) is 10.0 Å². The highest BCUT2D eigenvalue weighted by Gasteiger charge is 2.31. The first kappa shape index (κ1) is 19.7. The SMILES string of the molecule is CC(NC(=O)CN1Cc2ccccc2CC1C(N)=O)c1ccc(Cl)cc1Cl. The van der Waals surface area contributed by atoms with Gasteiger partial charge in [0.25, 0.3) is 0 Å². The summed E-state index contributed by atoms with van der Waals surface area (Å²) in [5.74, 6) is -0.620. The van der Waals surface area contributed by atoms with Gasteiger partial charge in [-0.25, -0.2) is 0 Å². The number of rotatable bonds is 5. The van der Waals surface area contributed by atoms with Gasteiger partial charge in [0.1, 0.15) is 0 Å². The highest BCUT2D eigenvalue weighted by atomic mass is 35.5. The minimum Gasteiger partial charge on any atom is -0.368 e. The molecule has 7 heteroatoms. The van der Waals surface area contributed by atoms with Crippen LogP contribution in [0.15, 0.2) is 42.5 Å². The molecule has 1 heterocycles. The first-order valence-electron chi connectivity index (χ1n) is 8.69. The summed E-state index contributed by atoms with van der Waals surface area (Å²) < 4.78 is 0. The predicted molar refractivity (Wildman–Crippen MR) is 107 cm³/mol. The van der Waals surface area contributed by atoms with Crippen LogP contribution in [0.4, 0.5) is 0 Å². The Morgan fingerprint density at radius 2 is 1.93 bits per heavy atom. The predicted octanol–water partition coefficient (Wildman–Crippen LogP) is 3.08. The topological polar surface area (TPSA) is 75.4 Å². The van der Waals surface area contributed by atoms with E-state index in [2.05, 4.69) is 5.32 Å². The van der Waals surface area contributed by atoms with E-state index in [-0.39, 0.29) is 18.5 Å². The van der Waals surface area contributed by atoms with Gasteiger partial charge in [-0.15, -0.1) is 0 Å². The van der Waals surface area contributed by atoms with Gasteiger partial charge in [-0.3, -0.25) is 14.5 Å². The lowest BCUT2D eigenvalue weighted by molar-refractivity contribution is -0.127. The smallest absolute Gasteiger partial charge is 0.235 e. The van der Waals surface area contributed by atoms with E-state index in [1.54, 1.807) is 18.2 Å². The molecule has 2 unspecified atom stereocenters. The standard InChI is InChI=1S/C20H21Cl2N3O2/c1-12(16-7-6-15(21)9-17(16)22)24-19(26)11-25-10-14-5-3-2-4-13(14)8-18(25)20(23)27/h2-7,9,12,18H,8,10-11H2,1H3,(H2,23,27)(H,24,26). The first-order chi connectivity index (χ1) is 12.8. The molecule has 1 aliphatic heterocycles. The maximum absolute atomic E-state index is 12.6. The van der Waals surface area contributed by atoms with Crippen LogP contribution < -0.4 is 11.1 Å². The molecule has 2 amide bonds. The summed E-state index contributed by atoms with van der Waals surface area (Å²) in [5.41, 5.74) is 8.56. The van der Waals surface area contributed by atoms with Gasteiger partial charge in [-0.2, -0.15) is 0 Å². The summed E-state index contributed by atoms with van der Waals surface area (Å²) in [5, 5.41) is 3.96. The number of primary amides is 1. The molecular weight excluding hydrogens is 385 g/mol. The summed E-state index contributed by atoms with van der Waals surface area (Å²) in [7, 11) is 0. The minimum atomic E-state index is -0.500. The van der Waals surface area contributed by atoms with Crippen molar-refractivity contribution in [3.63, 3.8) is 0 Å². The lowest BCUT2D eigenvalue weighted by atomic mass is 9.93. The third-order valence-corrected chi connectivity index (χ3v) is 5.39. The van der Waals surface area contributed by atoms with E-state index in [0.717, 1.165) is 16.7 Å². The van der Waals surface area contributed by atoms with E-state index < -0.39 is 11.9 Å². The normalized spacial score (nSPS) is 17.8. The molecule has 3 N–H and O–H groups in total. The Kier molecular flexibility index (Phi) is 6.05. The van der Waals surface area contributed by atoms with Gasteiger partial charge < -0.3 is 11.1 Å². The Hall–Kier alpha value is -2.08. The number of hydrogen-bond donors (Lipinski definition) is 2. The van der Waals surface area contributed by atoms with Crippen LogP contribution in [-0.4, -0.2) is 29.3 Å². The lowest BCUT2D eigenvalue weighted by Gasteiger charge is -2.34. The van der Waals surface area contributed by atoms with Crippen molar-refractivity contribution < 1.29 is 9.59 Å². The van der Waals surface area contributed by atoms with Crippen molar-refractivity contribution in [3.05, 3.63) is 69.2 Å². The number of halogens is 2. The number of benzene rings is 2. The van der Waals surface area contributed by atoms with Crippen molar-refractivity contribution in [3.8, 4) is 0 Å². The van der Waals surface area contributed by atoms with E-state index in [4.69, 9.17) is 28.9 Å². The van der Waals surface area contributed by atoms with Crippen LogP contribution in [0.25, 0.3) is 0 Å². The lowest BCUT2D eigenvalue weighted by Crippen LogP contribution is -2.51. The molecule has 27 heavy (non-hydrogen) atoms. The fraction of sp³-hybridized carbons (Fsp3) is 0.300. The molecule has 1 aliphatic rings. The largest absolute Gasteiger partial charge is 0.368 e. The van der Waals surface area contributed by atoms with Gasteiger partial charge in [0.2, 0.25) is 11.8 Å². The molecule has 0 saturated heterocycles. The second-order valence-corrected chi connectivity index (χ2v) is 7.59. The van der Waals surface area contributed by atoms with Gasteiger partial charge >= 0.3 is 0 Å². The number of nitrogens with zero attached hydrogens (tertiary/aromatic N) is 1. The Morgan fingerprint density at radius 3 is 2.59 bits per heavy atom. The van der Waals surface area contributed by atoms with E-state index in [1.165, 1.54) is 0 Å². The van der Waals surface area contributed by atoms with Crippen molar-refractivity contribution in [2.75, 3.05) is 6.54 Å². The summed E-state index contributed by atoms with van der Waals surface area (Å²) in [6, 6.07) is 12.3. The van der Waals surface area contributed by atoms with Gasteiger partial charge in [-0.05, 0) is 42.2 Å². The van der Waals surface area contributed by atoms with Crippen LogP contribution in [0, 0.1) is 0 Å². The fourth-order valence-electron chi connectivity index (χ4n) is 3.43. The van der Waals surface area contributed by atoms with Crippen molar-refractivity contribution >= 4 is 35.0 Å². The molecule has 0 fully saturated rings. The highest BCUT2D eigenvalue weighted by Crippen LogP contribution is 2.26. The summed E-state index contributed by atoms with van der Waals surface area (Å²) in [4.78, 5) is 26.3. The fourth-order valence-corrected chi connectivity index (χ4v) is 4.00. The van der Waals surface area contributed by atoms with Crippen molar-refractivity contribution in [1.82, 2.24) is 10.2 Å². The summed E-state index contributed by atoms with van der Waals surface area (Å²) >= 11 is 12.1. The monoisotopic (exact) mass is 405 g/mol. The minimum absolute atomic E-state index is 0.0808. The number of hydrogen-bond acceptors (Lipinski definition) is 3. The zero-order valence-corrected chi connectivity index (χ0v) is 16.4. The Morgan fingerprint density at radius 1 is 1.22 bits per heavy atom. The molecule has 2 aromatic rings. The number of amides is 2. The third kappa shape index (κ3) is 4.61. The van der Waals surface area contributed by atoms with Gasteiger partial charge in [0.15, 0.2) is 0 Å². The van der Waals surface area contributed by atoms with Gasteiger partial charge in [0, 0.05) is 16.6 Å². The maximum Gasteiger partial charge on any atom is 0.235 e. The molecule has 142 valence electrons. The number of carbonyl (C=O) groups is 2. The molecule has 0 saturated carbocycles. The number of fused-ring (bicyclic) bond motifs is 1. The molecule has 0 aromatic heterocycles. The van der Waals surface area contributed by atoms with Crippen LogP contribution in [-0.2, 0) is 22.6 Å². The molecule has 5 nitrogen and oxygen atoms in total. The van der Waals surface area contributed by atoms with Crippen LogP contribution in [0.3, 0.4) is 0 Å². The number of nitrogens with two attached hydrogens (primary N) is 1. The first-order valence-corrected chi connectivity index (χ1v) is 9.45. The quantitative estimate of drug-likeness (QED) is 0.802. The molecule has 0 spiro atoms. The maximum atomic E-state index is 12.6. The average Bonchev–Trinajstić information content (AvgIpc) is 2.60. The molecule has 0 aliphatic carbocycles. The van der Waals surface area contributed by atoms with Crippen LogP contribution >= 0.6 is 23.2 Å². The second kappa shape index (κ2) is 8.30. The second-order valence-electron chi connectivity index (χ2n) is 6.75. The molecular formula is C20H21Cl2N3O2. The van der Waals surface area contributed by atoms with Crippen molar-refractivity contribution in [2.45, 2.75) is 32.0 Å². The van der Waals surface area contributed by atoms with Gasteiger partial charge in [-0.1, -0.05) is 53.5 Å². The van der Waals surface area contributed by atoms with E-state index in [9.17, 15) is 9.59 Å². The van der Waals surface area contributed by atoms with Gasteiger partial charge in [0.05, 0.1) is 18.6 Å². The zero-order valence-electron chi connectivity index (χ0n) is 14.9. The molecule has 3 rings (SSSR count). The Labute approximate surface area is 168 Å². The Balaban J connectivity index is 1.69. The van der Waals surface area contributed by atoms with Crippen LogP contribution in [0.1, 0.15) is 29.7 Å². The van der Waals surface area contributed by atoms with Crippen molar-refractivity contribution in [1.29, 1.82) is 0 Å².